The molecule has 0 saturated heterocycles. The minimum absolute atomic E-state index is 0.0450. The van der Waals surface area contributed by atoms with Crippen LogP contribution < -0.4 is 10.6 Å². The van der Waals surface area contributed by atoms with Crippen molar-refractivity contribution in [2.24, 2.45) is 0 Å². The molecular weight excluding hydrogens is 450 g/mol. The molecule has 3 amide bonds. The fourth-order valence-corrected chi connectivity index (χ4v) is 3.87. The molecule has 0 spiro atoms. The number of amides is 3. The molecule has 7 nitrogen and oxygen atoms in total. The summed E-state index contributed by atoms with van der Waals surface area (Å²) in [4.78, 5) is 40.8. The molecule has 0 aromatic heterocycles. The summed E-state index contributed by atoms with van der Waals surface area (Å²) in [6.45, 7) is 15.7. The van der Waals surface area contributed by atoms with Crippen LogP contribution in [-0.4, -0.2) is 53.3 Å². The maximum atomic E-state index is 13.6. The van der Waals surface area contributed by atoms with Crippen LogP contribution in [0.3, 0.4) is 0 Å². The van der Waals surface area contributed by atoms with Crippen LogP contribution in [0.4, 0.5) is 4.79 Å². The number of carbonyl (C=O) groups is 3. The first kappa shape index (κ1) is 29.6. The monoisotopic (exact) mass is 491 g/mol. The van der Waals surface area contributed by atoms with Gasteiger partial charge in [-0.1, -0.05) is 55.2 Å². The number of hydrogen-bond acceptors (Lipinski definition) is 5. The van der Waals surface area contributed by atoms with Crippen molar-refractivity contribution in [1.29, 1.82) is 0 Å². The standard InChI is InChI=1S/C26H41N3O4S/c1-8-10-11-12-27-23(30)22(20-15-18(3)14-19(4)16-20)29(13-9-2)24(31)21(17-34)28-25(32)33-26(5,6)7/h9,14-16,21-22,34H,2,8,10-13,17H2,1,3-7H3,(H,27,30)(H,28,32). The molecule has 0 fully saturated rings. The molecule has 190 valence electrons. The van der Waals surface area contributed by atoms with Crippen molar-refractivity contribution in [3.05, 3.63) is 47.5 Å². The first-order chi connectivity index (χ1) is 15.9. The fraction of sp³-hybridized carbons (Fsp3) is 0.577. The molecule has 0 radical (unpaired) electrons. The van der Waals surface area contributed by atoms with E-state index in [0.29, 0.717) is 12.1 Å². The van der Waals surface area contributed by atoms with Crippen molar-refractivity contribution in [1.82, 2.24) is 15.5 Å². The quantitative estimate of drug-likeness (QED) is 0.228. The minimum Gasteiger partial charge on any atom is -0.444 e. The number of nitrogens with zero attached hydrogens (tertiary/aromatic N) is 1. The lowest BCUT2D eigenvalue weighted by Crippen LogP contribution is -2.54. The van der Waals surface area contributed by atoms with E-state index in [1.807, 2.05) is 32.0 Å². The predicted molar refractivity (Wildman–Crippen MR) is 140 cm³/mol. The van der Waals surface area contributed by atoms with Crippen LogP contribution in [0.25, 0.3) is 0 Å². The molecule has 0 aliphatic heterocycles. The first-order valence-corrected chi connectivity index (χ1v) is 12.4. The SMILES string of the molecule is C=CCN(C(=O)C(CS)NC(=O)OC(C)(C)C)C(C(=O)NCCCCC)c1cc(C)cc(C)c1. The van der Waals surface area contributed by atoms with Crippen molar-refractivity contribution >= 4 is 30.5 Å². The molecule has 1 aromatic carbocycles. The maximum absolute atomic E-state index is 13.6. The molecule has 2 unspecified atom stereocenters. The number of benzene rings is 1. The molecule has 2 N–H and O–H groups in total. The Hall–Kier alpha value is -2.48. The zero-order chi connectivity index (χ0) is 25.9. The normalized spacial score (nSPS) is 12.9. The van der Waals surface area contributed by atoms with E-state index in [-0.39, 0.29) is 18.2 Å². The third kappa shape index (κ3) is 9.79. The molecule has 2 atom stereocenters. The Balaban J connectivity index is 3.32. The van der Waals surface area contributed by atoms with Gasteiger partial charge in [0.2, 0.25) is 11.8 Å². The van der Waals surface area contributed by atoms with Crippen molar-refractivity contribution in [3.63, 3.8) is 0 Å². The number of hydrogen-bond donors (Lipinski definition) is 3. The Morgan fingerprint density at radius 1 is 1.15 bits per heavy atom. The lowest BCUT2D eigenvalue weighted by Gasteiger charge is -2.33. The molecule has 0 saturated carbocycles. The number of ether oxygens (including phenoxy) is 1. The molecule has 1 aromatic rings. The summed E-state index contributed by atoms with van der Waals surface area (Å²) in [6, 6.07) is 3.97. The summed E-state index contributed by atoms with van der Waals surface area (Å²) in [5.41, 5.74) is 1.97. The Labute approximate surface area is 210 Å². The van der Waals surface area contributed by atoms with Crippen molar-refractivity contribution < 1.29 is 19.1 Å². The summed E-state index contributed by atoms with van der Waals surface area (Å²) in [5, 5.41) is 5.57. The number of thiol groups is 1. The minimum atomic E-state index is -0.973. The van der Waals surface area contributed by atoms with Gasteiger partial charge in [0.1, 0.15) is 17.7 Å². The lowest BCUT2D eigenvalue weighted by atomic mass is 9.98. The van der Waals surface area contributed by atoms with Crippen LogP contribution in [0.5, 0.6) is 0 Å². The van der Waals surface area contributed by atoms with E-state index in [1.165, 1.54) is 4.90 Å². The van der Waals surface area contributed by atoms with Gasteiger partial charge in [0.05, 0.1) is 0 Å². The smallest absolute Gasteiger partial charge is 0.408 e. The van der Waals surface area contributed by atoms with Crippen LogP contribution in [0.1, 0.15) is 69.7 Å². The van der Waals surface area contributed by atoms with Crippen molar-refractivity contribution in [3.8, 4) is 0 Å². The second kappa shape index (κ2) is 14.0. The molecule has 0 aliphatic carbocycles. The number of aryl methyl sites for hydroxylation is 2. The number of unbranched alkanes of at least 4 members (excludes halogenated alkanes) is 2. The summed E-state index contributed by atoms with van der Waals surface area (Å²) >= 11 is 4.28. The Morgan fingerprint density at radius 3 is 2.26 bits per heavy atom. The van der Waals surface area contributed by atoms with Crippen LogP contribution in [0, 0.1) is 13.8 Å². The van der Waals surface area contributed by atoms with E-state index in [1.54, 1.807) is 26.8 Å². The zero-order valence-electron chi connectivity index (χ0n) is 21.4. The van der Waals surface area contributed by atoms with Gasteiger partial charge in [-0.05, 0) is 46.6 Å². The van der Waals surface area contributed by atoms with Gasteiger partial charge in [-0.25, -0.2) is 4.79 Å². The summed E-state index contributed by atoms with van der Waals surface area (Å²) in [6.07, 6.45) is 3.76. The summed E-state index contributed by atoms with van der Waals surface area (Å²) in [5.74, 6) is -0.663. The third-order valence-electron chi connectivity index (χ3n) is 4.98. The van der Waals surface area contributed by atoms with Crippen molar-refractivity contribution in [2.75, 3.05) is 18.8 Å². The highest BCUT2D eigenvalue weighted by Crippen LogP contribution is 2.25. The van der Waals surface area contributed by atoms with Gasteiger partial charge in [-0.2, -0.15) is 12.6 Å². The highest BCUT2D eigenvalue weighted by atomic mass is 32.1. The van der Waals surface area contributed by atoms with Gasteiger partial charge in [-0.15, -0.1) is 6.58 Å². The molecule has 34 heavy (non-hydrogen) atoms. The average molecular weight is 492 g/mol. The average Bonchev–Trinajstić information content (AvgIpc) is 2.72. The molecular formula is C26H41N3O4S. The summed E-state index contributed by atoms with van der Waals surface area (Å²) in [7, 11) is 0. The highest BCUT2D eigenvalue weighted by Gasteiger charge is 2.35. The maximum Gasteiger partial charge on any atom is 0.408 e. The lowest BCUT2D eigenvalue weighted by molar-refractivity contribution is -0.141. The van der Waals surface area contributed by atoms with Crippen LogP contribution in [0.15, 0.2) is 30.9 Å². The topological polar surface area (TPSA) is 87.7 Å². The van der Waals surface area contributed by atoms with Gasteiger partial charge in [0.15, 0.2) is 0 Å². The summed E-state index contributed by atoms with van der Waals surface area (Å²) < 4.78 is 5.31. The number of alkyl carbamates (subject to hydrolysis) is 1. The van der Waals surface area contributed by atoms with Gasteiger partial charge in [-0.3, -0.25) is 9.59 Å². The number of rotatable bonds is 12. The zero-order valence-corrected chi connectivity index (χ0v) is 22.3. The van der Waals surface area contributed by atoms with Crippen LogP contribution >= 0.6 is 12.6 Å². The van der Waals surface area contributed by atoms with Gasteiger partial charge in [0, 0.05) is 18.8 Å². The molecule has 1 rings (SSSR count). The second-order valence-corrected chi connectivity index (χ2v) is 9.85. The van der Waals surface area contributed by atoms with Gasteiger partial charge < -0.3 is 20.3 Å². The molecule has 0 aliphatic rings. The second-order valence-electron chi connectivity index (χ2n) is 9.48. The first-order valence-electron chi connectivity index (χ1n) is 11.8. The van der Waals surface area contributed by atoms with E-state index in [9.17, 15) is 14.4 Å². The predicted octanol–water partition coefficient (Wildman–Crippen LogP) is 4.49. The molecule has 8 heteroatoms. The van der Waals surface area contributed by atoms with E-state index in [4.69, 9.17) is 4.74 Å². The largest absolute Gasteiger partial charge is 0.444 e. The molecule has 0 bridgehead atoms. The Kier molecular flexibility index (Phi) is 12.2. The fourth-order valence-electron chi connectivity index (χ4n) is 3.62. The van der Waals surface area contributed by atoms with E-state index < -0.39 is 29.7 Å². The number of nitrogens with one attached hydrogen (secondary N) is 2. The van der Waals surface area contributed by atoms with E-state index in [2.05, 4.69) is 36.8 Å². The van der Waals surface area contributed by atoms with Crippen molar-refractivity contribution in [2.45, 2.75) is 78.5 Å². The van der Waals surface area contributed by atoms with Crippen LogP contribution in [-0.2, 0) is 14.3 Å². The Bertz CT molecular complexity index is 831. The van der Waals surface area contributed by atoms with Gasteiger partial charge in [0.25, 0.3) is 0 Å². The number of carbonyl (C=O) groups excluding carboxylic acids is 3. The van der Waals surface area contributed by atoms with Gasteiger partial charge >= 0.3 is 6.09 Å². The van der Waals surface area contributed by atoms with E-state index in [0.717, 1.165) is 30.4 Å². The van der Waals surface area contributed by atoms with E-state index >= 15 is 0 Å². The third-order valence-corrected chi connectivity index (χ3v) is 5.34. The van der Waals surface area contributed by atoms with Crippen LogP contribution in [0.2, 0.25) is 0 Å². The molecule has 0 heterocycles. The highest BCUT2D eigenvalue weighted by molar-refractivity contribution is 7.80. The Morgan fingerprint density at radius 2 is 1.76 bits per heavy atom.